The van der Waals surface area contributed by atoms with E-state index in [1.807, 2.05) is 0 Å². The molecule has 0 bridgehead atoms. The molecule has 274 valence electrons. The first kappa shape index (κ1) is 45.6. The minimum atomic E-state index is -0.566. The smallest absolute Gasteiger partial charge is 0.306 e. The van der Waals surface area contributed by atoms with Crippen LogP contribution in [0, 0.1) is 0 Å². The van der Waals surface area contributed by atoms with Gasteiger partial charge in [0.2, 0.25) is 0 Å². The molecule has 0 radical (unpaired) electrons. The van der Waals surface area contributed by atoms with E-state index in [9.17, 15) is 9.90 Å². The van der Waals surface area contributed by atoms with E-state index in [1.54, 1.807) is 0 Å². The lowest BCUT2D eigenvalue weighted by molar-refractivity contribution is -0.154. The first-order valence-corrected chi connectivity index (χ1v) is 19.7. The van der Waals surface area contributed by atoms with Crippen LogP contribution in [0.4, 0.5) is 0 Å². The number of hydrogen-bond donors (Lipinski definition) is 1. The highest BCUT2D eigenvalue weighted by molar-refractivity contribution is 5.69. The first-order valence-electron chi connectivity index (χ1n) is 19.7. The summed E-state index contributed by atoms with van der Waals surface area (Å²) in [5.41, 5.74) is 0. The van der Waals surface area contributed by atoms with Crippen LogP contribution >= 0.6 is 0 Å². The number of hydrogen-bond acceptors (Lipinski definition) is 4. The van der Waals surface area contributed by atoms with Crippen LogP contribution in [0.25, 0.3) is 0 Å². The van der Waals surface area contributed by atoms with Gasteiger partial charge in [-0.3, -0.25) is 4.79 Å². The maximum atomic E-state index is 12.2. The van der Waals surface area contributed by atoms with E-state index in [4.69, 9.17) is 9.47 Å². The Morgan fingerprint density at radius 2 is 0.938 bits per heavy atom. The molecule has 48 heavy (non-hydrogen) atoms. The molecule has 1 N–H and O–H groups in total. The van der Waals surface area contributed by atoms with Crippen molar-refractivity contribution in [3.8, 4) is 0 Å². The van der Waals surface area contributed by atoms with Gasteiger partial charge in [-0.25, -0.2) is 0 Å². The van der Waals surface area contributed by atoms with Gasteiger partial charge in [0.05, 0.1) is 13.2 Å². The molecule has 0 aromatic carbocycles. The van der Waals surface area contributed by atoms with Crippen LogP contribution in [0.5, 0.6) is 0 Å². The number of aliphatic hydroxyl groups excluding tert-OH is 1. The SMILES string of the molecule is CC/C=C\C/C=C\C/C=C\C/C=C\C/C=C\CCCCOCC(CO)OC(=O)CCCCCCCCC/C=C\C/C=C\CCCCCC. The van der Waals surface area contributed by atoms with Crippen LogP contribution in [0.15, 0.2) is 85.1 Å². The molecular weight excluding hydrogens is 592 g/mol. The number of carbonyl (C=O) groups excluding carboxylic acids is 1. The Kier molecular flexibility index (Phi) is 38.7. The normalized spacial score (nSPS) is 13.3. The lowest BCUT2D eigenvalue weighted by Gasteiger charge is -2.15. The number of unbranched alkanes of at least 4 members (excludes halogenated alkanes) is 13. The number of aliphatic hydroxyl groups is 1. The quantitative estimate of drug-likeness (QED) is 0.0415. The molecule has 0 spiro atoms. The molecule has 0 aliphatic carbocycles. The lowest BCUT2D eigenvalue weighted by atomic mass is 10.1. The van der Waals surface area contributed by atoms with Crippen molar-refractivity contribution >= 4 is 5.97 Å². The van der Waals surface area contributed by atoms with Gasteiger partial charge in [-0.15, -0.1) is 0 Å². The molecule has 0 heterocycles. The number of ether oxygens (including phenoxy) is 2. The van der Waals surface area contributed by atoms with Gasteiger partial charge in [-0.05, 0) is 89.9 Å². The fourth-order valence-electron chi connectivity index (χ4n) is 5.03. The molecule has 4 heteroatoms. The average Bonchev–Trinajstić information content (AvgIpc) is 3.09. The zero-order chi connectivity index (χ0) is 34.9. The van der Waals surface area contributed by atoms with Crippen LogP contribution < -0.4 is 0 Å². The summed E-state index contributed by atoms with van der Waals surface area (Å²) >= 11 is 0. The molecule has 0 aromatic rings. The number of carbonyl (C=O) groups is 1. The molecule has 1 unspecified atom stereocenters. The monoisotopic (exact) mass is 667 g/mol. The fraction of sp³-hybridized carbons (Fsp3) is 0.659. The van der Waals surface area contributed by atoms with E-state index in [-0.39, 0.29) is 19.2 Å². The third-order valence-electron chi connectivity index (χ3n) is 7.95. The highest BCUT2D eigenvalue weighted by Gasteiger charge is 2.13. The second-order valence-electron chi connectivity index (χ2n) is 12.6. The standard InChI is InChI=1S/C44H74O4/c1-3-5-7-9-11-13-15-17-19-21-23-25-27-29-31-33-35-37-39-44(46)48-43(41-45)42-47-40-38-36-34-32-30-28-26-24-22-20-18-16-14-12-10-8-6-4-2/h6,8,12-15,18-21,24,26,30,32,43,45H,3-5,7,9-11,16-17,22-23,25,27-29,31,33-42H2,1-2H3/b8-6-,14-12-,15-13-,20-18-,21-19-,26-24-,32-30-. The van der Waals surface area contributed by atoms with Crippen molar-refractivity contribution in [2.24, 2.45) is 0 Å². The average molecular weight is 667 g/mol. The molecular formula is C44H74O4. The maximum Gasteiger partial charge on any atom is 0.306 e. The molecule has 1 atom stereocenters. The van der Waals surface area contributed by atoms with Crippen molar-refractivity contribution in [2.75, 3.05) is 19.8 Å². The van der Waals surface area contributed by atoms with Gasteiger partial charge in [0, 0.05) is 13.0 Å². The van der Waals surface area contributed by atoms with E-state index >= 15 is 0 Å². The molecule has 0 saturated heterocycles. The summed E-state index contributed by atoms with van der Waals surface area (Å²) in [7, 11) is 0. The number of esters is 1. The Morgan fingerprint density at radius 1 is 0.521 bits per heavy atom. The Labute approximate surface area is 297 Å². The van der Waals surface area contributed by atoms with Crippen molar-refractivity contribution in [1.82, 2.24) is 0 Å². The summed E-state index contributed by atoms with van der Waals surface area (Å²) in [4.78, 5) is 12.2. The minimum Gasteiger partial charge on any atom is -0.457 e. The summed E-state index contributed by atoms with van der Waals surface area (Å²) in [6.07, 6.45) is 56.3. The number of rotatable bonds is 35. The second-order valence-corrected chi connectivity index (χ2v) is 12.6. The van der Waals surface area contributed by atoms with Gasteiger partial charge >= 0.3 is 5.97 Å². The van der Waals surface area contributed by atoms with Gasteiger partial charge in [-0.1, -0.05) is 150 Å². The van der Waals surface area contributed by atoms with Crippen molar-refractivity contribution < 1.29 is 19.4 Å². The molecule has 4 nitrogen and oxygen atoms in total. The van der Waals surface area contributed by atoms with E-state index in [2.05, 4.69) is 98.9 Å². The van der Waals surface area contributed by atoms with Gasteiger partial charge in [0.15, 0.2) is 0 Å². The summed E-state index contributed by atoms with van der Waals surface area (Å²) in [5, 5.41) is 9.57. The topological polar surface area (TPSA) is 55.8 Å². The first-order chi connectivity index (χ1) is 23.7. The minimum absolute atomic E-state index is 0.198. The van der Waals surface area contributed by atoms with Crippen molar-refractivity contribution in [1.29, 1.82) is 0 Å². The highest BCUT2D eigenvalue weighted by Crippen LogP contribution is 2.11. The van der Waals surface area contributed by atoms with E-state index in [1.165, 1.54) is 70.6 Å². The van der Waals surface area contributed by atoms with E-state index < -0.39 is 6.10 Å². The molecule has 0 aliphatic rings. The van der Waals surface area contributed by atoms with Gasteiger partial charge < -0.3 is 14.6 Å². The van der Waals surface area contributed by atoms with Crippen LogP contribution in [0.3, 0.4) is 0 Å². The third kappa shape index (κ3) is 38.0. The summed E-state index contributed by atoms with van der Waals surface area (Å²) in [5.74, 6) is -0.228. The fourth-order valence-corrected chi connectivity index (χ4v) is 5.03. The molecule has 0 amide bonds. The molecule has 0 aliphatic heterocycles. The van der Waals surface area contributed by atoms with Crippen LogP contribution in [-0.2, 0) is 14.3 Å². The van der Waals surface area contributed by atoms with Gasteiger partial charge in [0.1, 0.15) is 6.10 Å². The summed E-state index contributed by atoms with van der Waals surface area (Å²) in [6, 6.07) is 0. The maximum absolute atomic E-state index is 12.2. The molecule has 0 saturated carbocycles. The van der Waals surface area contributed by atoms with E-state index in [0.717, 1.165) is 70.6 Å². The second kappa shape index (κ2) is 40.7. The highest BCUT2D eigenvalue weighted by atomic mass is 16.6. The predicted molar refractivity (Wildman–Crippen MR) is 209 cm³/mol. The van der Waals surface area contributed by atoms with Gasteiger partial charge in [-0.2, -0.15) is 0 Å². The van der Waals surface area contributed by atoms with Crippen LogP contribution in [0.2, 0.25) is 0 Å². The largest absolute Gasteiger partial charge is 0.457 e. The molecule has 0 aromatic heterocycles. The zero-order valence-corrected chi connectivity index (χ0v) is 31.2. The molecule has 0 fully saturated rings. The Hall–Kier alpha value is -2.43. The molecule has 0 rings (SSSR count). The lowest BCUT2D eigenvalue weighted by Crippen LogP contribution is -2.27. The Balaban J connectivity index is 3.58. The number of allylic oxidation sites excluding steroid dienone is 14. The van der Waals surface area contributed by atoms with Crippen LogP contribution in [0.1, 0.15) is 162 Å². The summed E-state index contributed by atoms with van der Waals surface area (Å²) < 4.78 is 11.1. The van der Waals surface area contributed by atoms with Crippen molar-refractivity contribution in [3.05, 3.63) is 85.1 Å². The Bertz CT molecular complexity index is 876. The predicted octanol–water partition coefficient (Wildman–Crippen LogP) is 12.8. The van der Waals surface area contributed by atoms with Crippen LogP contribution in [-0.4, -0.2) is 37.0 Å². The van der Waals surface area contributed by atoms with Crippen molar-refractivity contribution in [2.45, 2.75) is 168 Å². The Morgan fingerprint density at radius 3 is 1.42 bits per heavy atom. The summed E-state index contributed by atoms with van der Waals surface area (Å²) in [6.45, 7) is 5.09. The third-order valence-corrected chi connectivity index (χ3v) is 7.95. The van der Waals surface area contributed by atoms with Crippen molar-refractivity contribution in [3.63, 3.8) is 0 Å². The van der Waals surface area contributed by atoms with E-state index in [0.29, 0.717) is 13.0 Å². The van der Waals surface area contributed by atoms with Gasteiger partial charge in [0.25, 0.3) is 0 Å². The zero-order valence-electron chi connectivity index (χ0n) is 31.2.